The molecule has 0 atom stereocenters. The molecule has 0 radical (unpaired) electrons. The van der Waals surface area contributed by atoms with E-state index in [4.69, 9.17) is 0 Å². The Morgan fingerprint density at radius 1 is 0.640 bits per heavy atom. The number of piperidine rings is 1. The molecule has 1 aromatic rings. The van der Waals surface area contributed by atoms with E-state index in [1.165, 1.54) is 89.8 Å². The molecule has 2 heterocycles. The summed E-state index contributed by atoms with van der Waals surface area (Å²) in [4.78, 5) is 8.25. The molecule has 25 heavy (non-hydrogen) atoms. The average molecular weight is 342 g/mol. The number of likely N-dealkylation sites (tertiary alicyclic amines) is 1. The highest BCUT2D eigenvalue weighted by atomic mass is 15.3. The lowest BCUT2D eigenvalue weighted by molar-refractivity contribution is 0.0337. The maximum atomic E-state index is 2.81. The van der Waals surface area contributed by atoms with Crippen LogP contribution in [0.3, 0.4) is 0 Å². The number of rotatable bonds is 4. The summed E-state index contributed by atoms with van der Waals surface area (Å²) in [6, 6.07) is 12.7. The second-order valence-corrected chi connectivity index (χ2v) is 8.36. The molecule has 1 aromatic carbocycles. The van der Waals surface area contributed by atoms with Crippen LogP contribution in [0.5, 0.6) is 0 Å². The Kier molecular flexibility index (Phi) is 6.06. The molecular weight excluding hydrogens is 306 g/mol. The fraction of sp³-hybridized carbons (Fsp3) is 0.727. The quantitative estimate of drug-likeness (QED) is 0.828. The Balaban J connectivity index is 1.20. The Morgan fingerprint density at radius 2 is 1.20 bits per heavy atom. The zero-order valence-electron chi connectivity index (χ0n) is 15.8. The highest BCUT2D eigenvalue weighted by molar-refractivity contribution is 5.14. The summed E-state index contributed by atoms with van der Waals surface area (Å²) in [7, 11) is 0. The van der Waals surface area contributed by atoms with Gasteiger partial charge in [0, 0.05) is 44.8 Å². The largest absolute Gasteiger partial charge is 0.299 e. The molecule has 3 heteroatoms. The predicted molar refractivity (Wildman–Crippen MR) is 105 cm³/mol. The van der Waals surface area contributed by atoms with Crippen molar-refractivity contribution in [3.05, 3.63) is 35.9 Å². The van der Waals surface area contributed by atoms with Crippen molar-refractivity contribution in [3.63, 3.8) is 0 Å². The number of hydrogen-bond donors (Lipinski definition) is 0. The van der Waals surface area contributed by atoms with Gasteiger partial charge < -0.3 is 0 Å². The molecule has 2 saturated heterocycles. The second kappa shape index (κ2) is 8.66. The van der Waals surface area contributed by atoms with Crippen LogP contribution in [0.25, 0.3) is 0 Å². The topological polar surface area (TPSA) is 9.72 Å². The first kappa shape index (κ1) is 17.5. The summed E-state index contributed by atoms with van der Waals surface area (Å²) in [5.74, 6) is 0. The van der Waals surface area contributed by atoms with Crippen molar-refractivity contribution in [1.29, 1.82) is 0 Å². The van der Waals surface area contributed by atoms with E-state index >= 15 is 0 Å². The molecule has 2 aliphatic heterocycles. The fourth-order valence-corrected chi connectivity index (χ4v) is 5.20. The summed E-state index contributed by atoms with van der Waals surface area (Å²) in [6.07, 6.45) is 10.0. The van der Waals surface area contributed by atoms with Crippen molar-refractivity contribution in [2.75, 3.05) is 39.3 Å². The van der Waals surface area contributed by atoms with Gasteiger partial charge in [-0.3, -0.25) is 14.7 Å². The van der Waals surface area contributed by atoms with Crippen LogP contribution in [0.4, 0.5) is 0 Å². The van der Waals surface area contributed by atoms with Gasteiger partial charge in [0.25, 0.3) is 0 Å². The molecule has 0 unspecified atom stereocenters. The van der Waals surface area contributed by atoms with Crippen LogP contribution in [-0.2, 0) is 6.54 Å². The molecular formula is C22H35N3. The Hall–Kier alpha value is -0.900. The van der Waals surface area contributed by atoms with Crippen LogP contribution in [0.1, 0.15) is 50.5 Å². The van der Waals surface area contributed by atoms with Gasteiger partial charge in [0.15, 0.2) is 0 Å². The lowest BCUT2D eigenvalue weighted by Gasteiger charge is -2.45. The molecule has 4 rings (SSSR count). The van der Waals surface area contributed by atoms with Crippen molar-refractivity contribution in [1.82, 2.24) is 14.7 Å². The normalized spacial score (nSPS) is 26.1. The minimum atomic E-state index is 0.834. The van der Waals surface area contributed by atoms with Gasteiger partial charge in [0.2, 0.25) is 0 Å². The maximum Gasteiger partial charge on any atom is 0.0233 e. The van der Waals surface area contributed by atoms with Gasteiger partial charge in [-0.1, -0.05) is 49.6 Å². The third-order valence-electron chi connectivity index (χ3n) is 6.76. The lowest BCUT2D eigenvalue weighted by Crippen LogP contribution is -2.55. The van der Waals surface area contributed by atoms with Gasteiger partial charge >= 0.3 is 0 Å². The molecule has 0 spiro atoms. The smallest absolute Gasteiger partial charge is 0.0233 e. The van der Waals surface area contributed by atoms with Crippen molar-refractivity contribution < 1.29 is 0 Å². The number of piperazine rings is 1. The fourth-order valence-electron chi connectivity index (χ4n) is 5.20. The van der Waals surface area contributed by atoms with E-state index in [0.29, 0.717) is 0 Å². The standard InChI is InChI=1S/C22H35N3/c1-3-7-20(8-4-1)19-23-13-11-22(12-14-23)25-17-15-24(16-18-25)21-9-5-2-6-10-21/h1,3-4,7-8,21-22H,2,5-6,9-19H2. The summed E-state index contributed by atoms with van der Waals surface area (Å²) in [5, 5.41) is 0. The van der Waals surface area contributed by atoms with Crippen LogP contribution in [0.2, 0.25) is 0 Å². The zero-order valence-corrected chi connectivity index (χ0v) is 15.8. The van der Waals surface area contributed by atoms with E-state index in [9.17, 15) is 0 Å². The first-order valence-corrected chi connectivity index (χ1v) is 10.6. The van der Waals surface area contributed by atoms with Crippen molar-refractivity contribution >= 4 is 0 Å². The predicted octanol–water partition coefficient (Wildman–Crippen LogP) is 3.60. The van der Waals surface area contributed by atoms with Crippen LogP contribution >= 0.6 is 0 Å². The lowest BCUT2D eigenvalue weighted by atomic mass is 9.93. The van der Waals surface area contributed by atoms with E-state index in [0.717, 1.165) is 18.6 Å². The molecule has 1 aliphatic carbocycles. The number of nitrogens with zero attached hydrogens (tertiary/aromatic N) is 3. The van der Waals surface area contributed by atoms with Crippen LogP contribution in [0, 0.1) is 0 Å². The van der Waals surface area contributed by atoms with Crippen LogP contribution < -0.4 is 0 Å². The number of benzene rings is 1. The minimum Gasteiger partial charge on any atom is -0.299 e. The second-order valence-electron chi connectivity index (χ2n) is 8.36. The summed E-state index contributed by atoms with van der Waals surface area (Å²) >= 11 is 0. The van der Waals surface area contributed by atoms with E-state index in [1.807, 2.05) is 0 Å². The van der Waals surface area contributed by atoms with Gasteiger partial charge in [0.1, 0.15) is 0 Å². The van der Waals surface area contributed by atoms with Crippen molar-refractivity contribution in [2.24, 2.45) is 0 Å². The summed E-state index contributed by atoms with van der Waals surface area (Å²) in [6.45, 7) is 8.90. The molecule has 0 amide bonds. The van der Waals surface area contributed by atoms with Crippen LogP contribution in [-0.4, -0.2) is 66.1 Å². The van der Waals surface area contributed by atoms with Gasteiger partial charge in [0.05, 0.1) is 0 Å². The molecule has 0 aromatic heterocycles. The molecule has 0 bridgehead atoms. The van der Waals surface area contributed by atoms with Crippen molar-refractivity contribution in [3.8, 4) is 0 Å². The van der Waals surface area contributed by atoms with E-state index in [2.05, 4.69) is 45.0 Å². The minimum absolute atomic E-state index is 0.834. The van der Waals surface area contributed by atoms with Gasteiger partial charge in [-0.2, -0.15) is 0 Å². The number of hydrogen-bond acceptors (Lipinski definition) is 3. The van der Waals surface area contributed by atoms with E-state index in [-0.39, 0.29) is 0 Å². The molecule has 1 saturated carbocycles. The SMILES string of the molecule is c1ccc(CN2CCC(N3CCN(C4CCCCC4)CC3)CC2)cc1. The highest BCUT2D eigenvalue weighted by Gasteiger charge is 2.30. The van der Waals surface area contributed by atoms with Gasteiger partial charge in [-0.15, -0.1) is 0 Å². The zero-order chi connectivity index (χ0) is 16.9. The first-order valence-electron chi connectivity index (χ1n) is 10.6. The Morgan fingerprint density at radius 3 is 1.80 bits per heavy atom. The third kappa shape index (κ3) is 4.64. The molecule has 138 valence electrons. The monoisotopic (exact) mass is 341 g/mol. The average Bonchev–Trinajstić information content (AvgIpc) is 2.70. The molecule has 3 nitrogen and oxygen atoms in total. The third-order valence-corrected chi connectivity index (χ3v) is 6.76. The summed E-state index contributed by atoms with van der Waals surface area (Å²) in [5.41, 5.74) is 1.46. The maximum absolute atomic E-state index is 2.81. The van der Waals surface area contributed by atoms with E-state index in [1.54, 1.807) is 0 Å². The molecule has 3 aliphatic rings. The van der Waals surface area contributed by atoms with E-state index < -0.39 is 0 Å². The Labute approximate surface area is 154 Å². The van der Waals surface area contributed by atoms with Crippen molar-refractivity contribution in [2.45, 2.75) is 63.6 Å². The van der Waals surface area contributed by atoms with Crippen LogP contribution in [0.15, 0.2) is 30.3 Å². The summed E-state index contributed by atoms with van der Waals surface area (Å²) < 4.78 is 0. The Bertz CT molecular complexity index is 495. The molecule has 3 fully saturated rings. The van der Waals surface area contributed by atoms with Gasteiger partial charge in [-0.05, 0) is 44.3 Å². The van der Waals surface area contributed by atoms with Gasteiger partial charge in [-0.25, -0.2) is 0 Å². The highest BCUT2D eigenvalue weighted by Crippen LogP contribution is 2.25. The first-order chi connectivity index (χ1) is 12.4. The molecule has 0 N–H and O–H groups in total.